The van der Waals surface area contributed by atoms with Gasteiger partial charge in [-0.25, -0.2) is 0 Å². The van der Waals surface area contributed by atoms with Crippen molar-refractivity contribution in [2.24, 2.45) is 0 Å². The molecule has 0 spiro atoms. The van der Waals surface area contributed by atoms with Gasteiger partial charge in [-0.2, -0.15) is 0 Å². The van der Waals surface area contributed by atoms with Gasteiger partial charge >= 0.3 is 115 Å². The average molecular weight is 212 g/mol. The molecule has 0 atom stereocenters. The van der Waals surface area contributed by atoms with Crippen LogP contribution in [0.2, 0.25) is 0 Å². The third-order valence-corrected chi connectivity index (χ3v) is 0.601. The fourth-order valence-electron chi connectivity index (χ4n) is 0.335. The van der Waals surface area contributed by atoms with E-state index in [0.717, 1.165) is 0 Å². The molecule has 1 N–H and O–H groups in total. The fourth-order valence-corrected chi connectivity index (χ4v) is 0.335. The zero-order valence-electron chi connectivity index (χ0n) is 9.09. The number of carbonyl (C=O) groups is 2. The Balaban J connectivity index is -0.0000000533. The van der Waals surface area contributed by atoms with Crippen molar-refractivity contribution >= 4 is 11.9 Å². The Labute approximate surface area is 153 Å². The molecule has 11 heavy (non-hydrogen) atoms. The number of rotatable bonds is 3. The zero-order valence-corrected chi connectivity index (χ0v) is 13.3. The number of carboxylic acid groups (broad SMARTS) is 1. The normalized spacial score (nSPS) is 7.00. The second kappa shape index (κ2) is 12.2. The van der Waals surface area contributed by atoms with E-state index >= 15 is 0 Å². The summed E-state index contributed by atoms with van der Waals surface area (Å²) in [6.45, 7) is 1.85. The van der Waals surface area contributed by atoms with E-state index < -0.39 is 18.4 Å². The van der Waals surface area contributed by atoms with E-state index in [0.29, 0.717) is 0 Å². The van der Waals surface area contributed by atoms with Crippen molar-refractivity contribution in [2.75, 3.05) is 6.61 Å². The van der Waals surface area contributed by atoms with Crippen molar-refractivity contribution in [2.45, 2.75) is 13.3 Å². The van der Waals surface area contributed by atoms with E-state index in [1.165, 1.54) is 0 Å². The second-order valence-corrected chi connectivity index (χ2v) is 1.38. The molecule has 0 aromatic carbocycles. The predicted octanol–water partition coefficient (Wildman–Crippen LogP) is -5.74. The van der Waals surface area contributed by atoms with Crippen LogP contribution in [0, 0.1) is 0 Å². The number of hydrogen-bond acceptors (Lipinski definition) is 3. The summed E-state index contributed by atoms with van der Waals surface area (Å²) in [5.74, 6) is -1.85. The zero-order chi connectivity index (χ0) is 7.28. The number of carboxylic acids is 1. The summed E-state index contributed by atoms with van der Waals surface area (Å²) in [6.07, 6.45) is -0.548. The molecule has 0 aliphatic carbocycles. The topological polar surface area (TPSA) is 63.6 Å². The first-order valence-corrected chi connectivity index (χ1v) is 2.54. The smallest absolute Gasteiger partial charge is 1.00 e. The van der Waals surface area contributed by atoms with Crippen LogP contribution in [0.25, 0.3) is 0 Å². The first kappa shape index (κ1) is 18.9. The quantitative estimate of drug-likeness (QED) is 0.288. The van der Waals surface area contributed by atoms with Crippen molar-refractivity contribution in [1.29, 1.82) is 0 Å². The van der Waals surface area contributed by atoms with Crippen molar-refractivity contribution in [3.05, 3.63) is 0 Å². The van der Waals surface area contributed by atoms with Gasteiger partial charge in [0.2, 0.25) is 0 Å². The number of carbonyl (C=O) groups excluding carboxylic acids is 1. The van der Waals surface area contributed by atoms with Crippen LogP contribution in [0.3, 0.4) is 0 Å². The van der Waals surface area contributed by atoms with E-state index in [4.69, 9.17) is 5.11 Å². The Bertz CT molecular complexity index is 134. The molecule has 56 valence electrons. The SMILES string of the molecule is CCOC(=O)CC(=O)O.[H-].[H-].[K+].[K+]. The summed E-state index contributed by atoms with van der Waals surface area (Å²) >= 11 is 0. The van der Waals surface area contributed by atoms with Crippen molar-refractivity contribution in [3.63, 3.8) is 0 Å². The van der Waals surface area contributed by atoms with Gasteiger partial charge in [0.15, 0.2) is 0 Å². The van der Waals surface area contributed by atoms with Gasteiger partial charge < -0.3 is 12.7 Å². The van der Waals surface area contributed by atoms with Gasteiger partial charge in [-0.1, -0.05) is 0 Å². The molecular weight excluding hydrogens is 202 g/mol. The molecule has 0 aliphatic heterocycles. The minimum absolute atomic E-state index is 0. The van der Waals surface area contributed by atoms with E-state index in [1.807, 2.05) is 0 Å². The van der Waals surface area contributed by atoms with Crippen LogP contribution >= 0.6 is 0 Å². The third-order valence-electron chi connectivity index (χ3n) is 0.601. The minimum atomic E-state index is -1.16. The van der Waals surface area contributed by atoms with E-state index in [-0.39, 0.29) is 112 Å². The van der Waals surface area contributed by atoms with E-state index in [2.05, 4.69) is 4.74 Å². The maximum absolute atomic E-state index is 10.3. The fraction of sp³-hybridized carbons (Fsp3) is 0.600. The molecule has 4 nitrogen and oxygen atoms in total. The Hall–Kier alpha value is 2.21. The Morgan fingerprint density at radius 3 is 2.18 bits per heavy atom. The number of esters is 1. The van der Waals surface area contributed by atoms with Crippen LogP contribution in [0.15, 0.2) is 0 Å². The largest absolute Gasteiger partial charge is 1.00 e. The first-order valence-electron chi connectivity index (χ1n) is 2.54. The van der Waals surface area contributed by atoms with Crippen LogP contribution < -0.4 is 103 Å². The molecule has 0 unspecified atom stereocenters. The monoisotopic (exact) mass is 212 g/mol. The molecule has 0 aromatic heterocycles. The van der Waals surface area contributed by atoms with Crippen molar-refractivity contribution in [3.8, 4) is 0 Å². The van der Waals surface area contributed by atoms with Gasteiger partial charge in [0, 0.05) is 0 Å². The van der Waals surface area contributed by atoms with Gasteiger partial charge in [0.25, 0.3) is 0 Å². The predicted molar refractivity (Wildman–Crippen MR) is 31.1 cm³/mol. The minimum Gasteiger partial charge on any atom is -1.00 e. The van der Waals surface area contributed by atoms with Crippen molar-refractivity contribution in [1.82, 2.24) is 0 Å². The Morgan fingerprint density at radius 2 is 1.91 bits per heavy atom. The Morgan fingerprint density at radius 1 is 1.45 bits per heavy atom. The summed E-state index contributed by atoms with van der Waals surface area (Å²) in [7, 11) is 0. The second-order valence-electron chi connectivity index (χ2n) is 1.38. The average Bonchev–Trinajstić information content (AvgIpc) is 1.63. The molecule has 0 radical (unpaired) electrons. The molecule has 0 saturated heterocycles. The van der Waals surface area contributed by atoms with Crippen LogP contribution in [-0.2, 0) is 14.3 Å². The van der Waals surface area contributed by atoms with E-state index in [9.17, 15) is 9.59 Å². The number of hydrogen-bond donors (Lipinski definition) is 1. The standard InChI is InChI=1S/C5H8O4.2K.2H/c1-2-9-5(8)3-4(6)7;;;;/h2-3H2,1H3,(H,6,7);;;;/q;2*+1;2*-1. The molecule has 0 bridgehead atoms. The Kier molecular flexibility index (Phi) is 21.0. The molecule has 0 saturated carbocycles. The summed E-state index contributed by atoms with van der Waals surface area (Å²) in [4.78, 5) is 20.0. The first-order chi connectivity index (χ1) is 4.16. The molecular formula is C5H10K2O4. The van der Waals surface area contributed by atoms with E-state index in [1.54, 1.807) is 6.92 Å². The summed E-state index contributed by atoms with van der Waals surface area (Å²) < 4.78 is 4.33. The molecule has 0 aliphatic rings. The molecule has 6 heteroatoms. The van der Waals surface area contributed by atoms with Crippen LogP contribution in [0.1, 0.15) is 16.2 Å². The van der Waals surface area contributed by atoms with Crippen LogP contribution in [-0.4, -0.2) is 23.7 Å². The van der Waals surface area contributed by atoms with Gasteiger partial charge in [-0.3, -0.25) is 9.59 Å². The van der Waals surface area contributed by atoms with Crippen LogP contribution in [0.4, 0.5) is 0 Å². The van der Waals surface area contributed by atoms with Gasteiger partial charge in [0.1, 0.15) is 6.42 Å². The molecule has 0 heterocycles. The van der Waals surface area contributed by atoms with Gasteiger partial charge in [-0.05, 0) is 6.92 Å². The third kappa shape index (κ3) is 15.0. The number of aliphatic carboxylic acids is 1. The molecule has 0 fully saturated rings. The maximum atomic E-state index is 10.3. The summed E-state index contributed by atoms with van der Waals surface area (Å²) in [5.41, 5.74) is 0. The molecule has 0 rings (SSSR count). The molecule has 0 amide bonds. The molecule has 0 aromatic rings. The van der Waals surface area contributed by atoms with Crippen LogP contribution in [0.5, 0.6) is 0 Å². The summed E-state index contributed by atoms with van der Waals surface area (Å²) in [5, 5.41) is 8.01. The summed E-state index contributed by atoms with van der Waals surface area (Å²) in [6, 6.07) is 0. The maximum Gasteiger partial charge on any atom is 1.00 e. The van der Waals surface area contributed by atoms with Gasteiger partial charge in [-0.15, -0.1) is 0 Å². The van der Waals surface area contributed by atoms with Crippen molar-refractivity contribution < 1.29 is 125 Å². The number of ether oxygens (including phenoxy) is 1. The van der Waals surface area contributed by atoms with Gasteiger partial charge in [0.05, 0.1) is 6.61 Å².